The minimum absolute atomic E-state index is 0.0856. The zero-order chi connectivity index (χ0) is 26.2. The molecule has 0 aliphatic carbocycles. The fourth-order valence-electron chi connectivity index (χ4n) is 4.64. The zero-order valence-electron chi connectivity index (χ0n) is 21.4. The maximum Gasteiger partial charge on any atom is 0.315 e. The second kappa shape index (κ2) is 12.2. The molecule has 1 aliphatic heterocycles. The lowest BCUT2D eigenvalue weighted by atomic mass is 9.98. The van der Waals surface area contributed by atoms with Gasteiger partial charge in [0.1, 0.15) is 6.04 Å². The predicted octanol–water partition coefficient (Wildman–Crippen LogP) is 4.55. The number of urea groups is 1. The SMILES string of the molecule is CCNC(=O)NCc1ccccc1-c1ccc(CN2C(=O)[C@H](NC(=O)CC)CCc3ccccc32)cc1. The topological polar surface area (TPSA) is 90.5 Å². The number of carbonyl (C=O) groups excluding carboxylic acids is 3. The number of aryl methyl sites for hydroxylation is 1. The van der Waals surface area contributed by atoms with Gasteiger partial charge in [0.25, 0.3) is 0 Å². The van der Waals surface area contributed by atoms with Gasteiger partial charge in [0, 0.05) is 25.2 Å². The van der Waals surface area contributed by atoms with Crippen molar-refractivity contribution in [2.24, 2.45) is 0 Å². The van der Waals surface area contributed by atoms with Crippen LogP contribution in [0.25, 0.3) is 11.1 Å². The van der Waals surface area contributed by atoms with Gasteiger partial charge in [0.15, 0.2) is 0 Å². The van der Waals surface area contributed by atoms with Crippen molar-refractivity contribution in [1.82, 2.24) is 16.0 Å². The maximum atomic E-state index is 13.5. The summed E-state index contributed by atoms with van der Waals surface area (Å²) in [6.45, 7) is 5.08. The minimum Gasteiger partial charge on any atom is -0.344 e. The molecule has 7 heteroatoms. The van der Waals surface area contributed by atoms with Crippen molar-refractivity contribution in [3.05, 3.63) is 89.5 Å². The highest BCUT2D eigenvalue weighted by atomic mass is 16.2. The number of hydrogen-bond acceptors (Lipinski definition) is 3. The number of para-hydroxylation sites is 1. The van der Waals surface area contributed by atoms with Gasteiger partial charge in [-0.2, -0.15) is 0 Å². The van der Waals surface area contributed by atoms with E-state index < -0.39 is 6.04 Å². The van der Waals surface area contributed by atoms with Crippen LogP contribution in [-0.2, 0) is 29.1 Å². The average Bonchev–Trinajstić information content (AvgIpc) is 3.05. The Bertz CT molecular complexity index is 1260. The fraction of sp³-hybridized carbons (Fsp3) is 0.300. The van der Waals surface area contributed by atoms with Crippen LogP contribution in [0, 0.1) is 0 Å². The standard InChI is InChI=1S/C30H34N4O3/c1-3-28(35)33-26-18-17-23-9-6-8-12-27(23)34(29(26)36)20-21-13-15-22(16-14-21)25-11-7-5-10-24(25)19-32-30(37)31-4-2/h5-16,26H,3-4,17-20H2,1-2H3,(H,33,35)(H2,31,32,37)/t26-/m1/s1. The van der Waals surface area contributed by atoms with Crippen molar-refractivity contribution in [3.63, 3.8) is 0 Å². The number of benzene rings is 3. The molecule has 0 saturated carbocycles. The van der Waals surface area contributed by atoms with Crippen LogP contribution in [0.1, 0.15) is 43.4 Å². The molecule has 4 rings (SSSR count). The first-order chi connectivity index (χ1) is 18.0. The Balaban J connectivity index is 1.55. The van der Waals surface area contributed by atoms with Gasteiger partial charge >= 0.3 is 6.03 Å². The number of nitrogens with one attached hydrogen (secondary N) is 3. The van der Waals surface area contributed by atoms with Gasteiger partial charge in [-0.15, -0.1) is 0 Å². The van der Waals surface area contributed by atoms with Crippen molar-refractivity contribution >= 4 is 23.5 Å². The lowest BCUT2D eigenvalue weighted by Crippen LogP contribution is -2.47. The van der Waals surface area contributed by atoms with E-state index in [0.717, 1.165) is 39.9 Å². The van der Waals surface area contributed by atoms with E-state index in [1.807, 2.05) is 73.7 Å². The monoisotopic (exact) mass is 498 g/mol. The molecule has 0 spiro atoms. The number of rotatable bonds is 8. The van der Waals surface area contributed by atoms with Crippen molar-refractivity contribution in [2.75, 3.05) is 11.4 Å². The molecule has 37 heavy (non-hydrogen) atoms. The first-order valence-corrected chi connectivity index (χ1v) is 12.9. The van der Waals surface area contributed by atoms with Gasteiger partial charge in [-0.1, -0.05) is 73.7 Å². The molecule has 7 nitrogen and oxygen atoms in total. The Kier molecular flexibility index (Phi) is 8.56. The third-order valence-corrected chi connectivity index (χ3v) is 6.60. The summed E-state index contributed by atoms with van der Waals surface area (Å²) < 4.78 is 0. The highest BCUT2D eigenvalue weighted by Gasteiger charge is 2.31. The molecule has 0 bridgehead atoms. The molecule has 0 radical (unpaired) electrons. The summed E-state index contributed by atoms with van der Waals surface area (Å²) in [5.41, 5.74) is 6.10. The lowest BCUT2D eigenvalue weighted by molar-refractivity contribution is -0.127. The Morgan fingerprint density at radius 2 is 1.65 bits per heavy atom. The van der Waals surface area contributed by atoms with E-state index >= 15 is 0 Å². The summed E-state index contributed by atoms with van der Waals surface area (Å²) in [5.74, 6) is -0.202. The number of carbonyl (C=O) groups is 3. The maximum absolute atomic E-state index is 13.5. The van der Waals surface area contributed by atoms with Gasteiger partial charge in [-0.05, 0) is 53.6 Å². The lowest BCUT2D eigenvalue weighted by Gasteiger charge is -2.26. The molecule has 0 saturated heterocycles. The number of nitrogens with zero attached hydrogens (tertiary/aromatic N) is 1. The van der Waals surface area contributed by atoms with Crippen LogP contribution in [0.2, 0.25) is 0 Å². The molecule has 3 aromatic carbocycles. The van der Waals surface area contributed by atoms with Gasteiger partial charge < -0.3 is 20.9 Å². The van der Waals surface area contributed by atoms with Crippen LogP contribution in [-0.4, -0.2) is 30.4 Å². The Hall–Kier alpha value is -4.13. The smallest absolute Gasteiger partial charge is 0.315 e. The van der Waals surface area contributed by atoms with Gasteiger partial charge in [0.05, 0.1) is 6.54 Å². The first kappa shape index (κ1) is 25.9. The van der Waals surface area contributed by atoms with Crippen LogP contribution in [0.15, 0.2) is 72.8 Å². The summed E-state index contributed by atoms with van der Waals surface area (Å²) >= 11 is 0. The van der Waals surface area contributed by atoms with Gasteiger partial charge in [0.2, 0.25) is 11.8 Å². The summed E-state index contributed by atoms with van der Waals surface area (Å²) in [6, 6.07) is 23.4. The van der Waals surface area contributed by atoms with Crippen LogP contribution in [0.4, 0.5) is 10.5 Å². The molecule has 1 heterocycles. The van der Waals surface area contributed by atoms with E-state index in [0.29, 0.717) is 32.5 Å². The predicted molar refractivity (Wildman–Crippen MR) is 146 cm³/mol. The molecular formula is C30H34N4O3. The van der Waals surface area contributed by atoms with Gasteiger partial charge in [-0.25, -0.2) is 4.79 Å². The quantitative estimate of drug-likeness (QED) is 0.426. The molecule has 0 aromatic heterocycles. The third kappa shape index (κ3) is 6.36. The van der Waals surface area contributed by atoms with E-state index in [-0.39, 0.29) is 17.8 Å². The molecule has 0 unspecified atom stereocenters. The summed E-state index contributed by atoms with van der Waals surface area (Å²) in [6.07, 6.45) is 1.66. The number of hydrogen-bond donors (Lipinski definition) is 3. The highest BCUT2D eigenvalue weighted by Crippen LogP contribution is 2.30. The highest BCUT2D eigenvalue weighted by molar-refractivity contribution is 6.00. The second-order valence-corrected chi connectivity index (χ2v) is 9.13. The zero-order valence-corrected chi connectivity index (χ0v) is 21.4. The summed E-state index contributed by atoms with van der Waals surface area (Å²) in [4.78, 5) is 39.3. The minimum atomic E-state index is -0.539. The van der Waals surface area contributed by atoms with Crippen LogP contribution in [0.5, 0.6) is 0 Å². The normalized spacial score (nSPS) is 14.9. The molecule has 3 aromatic rings. The fourth-order valence-corrected chi connectivity index (χ4v) is 4.64. The molecule has 1 aliphatic rings. The molecule has 192 valence electrons. The number of fused-ring (bicyclic) bond motifs is 1. The summed E-state index contributed by atoms with van der Waals surface area (Å²) in [7, 11) is 0. The van der Waals surface area contributed by atoms with E-state index in [1.165, 1.54) is 0 Å². The third-order valence-electron chi connectivity index (χ3n) is 6.60. The molecule has 1 atom stereocenters. The molecular weight excluding hydrogens is 464 g/mol. The Labute approximate surface area is 218 Å². The van der Waals surface area contributed by atoms with Crippen molar-refractivity contribution in [1.29, 1.82) is 0 Å². The average molecular weight is 499 g/mol. The first-order valence-electron chi connectivity index (χ1n) is 12.9. The number of amides is 4. The summed E-state index contributed by atoms with van der Waals surface area (Å²) in [5, 5.41) is 8.55. The van der Waals surface area contributed by atoms with Crippen molar-refractivity contribution in [2.45, 2.75) is 52.2 Å². The largest absolute Gasteiger partial charge is 0.344 e. The second-order valence-electron chi connectivity index (χ2n) is 9.13. The van der Waals surface area contributed by atoms with Crippen LogP contribution in [0.3, 0.4) is 0 Å². The van der Waals surface area contributed by atoms with Crippen LogP contribution >= 0.6 is 0 Å². The molecule has 3 N–H and O–H groups in total. The van der Waals surface area contributed by atoms with Crippen molar-refractivity contribution < 1.29 is 14.4 Å². The van der Waals surface area contributed by atoms with Crippen LogP contribution < -0.4 is 20.9 Å². The van der Waals surface area contributed by atoms with E-state index in [4.69, 9.17) is 0 Å². The van der Waals surface area contributed by atoms with E-state index in [9.17, 15) is 14.4 Å². The van der Waals surface area contributed by atoms with Gasteiger partial charge in [-0.3, -0.25) is 9.59 Å². The molecule has 0 fully saturated rings. The Morgan fingerprint density at radius 3 is 2.41 bits per heavy atom. The van der Waals surface area contributed by atoms with E-state index in [1.54, 1.807) is 11.8 Å². The molecule has 4 amide bonds. The van der Waals surface area contributed by atoms with E-state index in [2.05, 4.69) is 22.0 Å². The van der Waals surface area contributed by atoms with Crippen molar-refractivity contribution in [3.8, 4) is 11.1 Å². The Morgan fingerprint density at radius 1 is 0.919 bits per heavy atom. The number of anilines is 1.